The molecule has 7 heteroatoms. The Morgan fingerprint density at radius 3 is 2.59 bits per heavy atom. The first-order chi connectivity index (χ1) is 15.6. The van der Waals surface area contributed by atoms with Crippen LogP contribution in [0, 0.1) is 0 Å². The summed E-state index contributed by atoms with van der Waals surface area (Å²) in [7, 11) is 1.65. The molecule has 1 aromatic heterocycles. The molecule has 0 saturated carbocycles. The van der Waals surface area contributed by atoms with Gasteiger partial charge in [-0.1, -0.05) is 30.0 Å². The zero-order valence-corrected chi connectivity index (χ0v) is 19.7. The minimum absolute atomic E-state index is 0.00290. The molecule has 0 radical (unpaired) electrons. The van der Waals surface area contributed by atoms with Crippen LogP contribution in [-0.2, 0) is 24.2 Å². The van der Waals surface area contributed by atoms with Gasteiger partial charge >= 0.3 is 0 Å². The molecule has 1 aliphatic carbocycles. The largest absolute Gasteiger partial charge is 0.497 e. The fourth-order valence-electron chi connectivity index (χ4n) is 4.15. The van der Waals surface area contributed by atoms with Crippen molar-refractivity contribution in [3.63, 3.8) is 0 Å². The Bertz CT molecular complexity index is 1080. The molecule has 1 amide bonds. The standard InChI is InChI=1S/C25H30N4O2S/c1-4-29-24(19-11-13-22(31-3)14-12-19)27-28-25(29)32-16-23(30)26-17(2)20-10-9-18-7-5-6-8-21(18)15-20/h9-15,17H,4-8,16H2,1-3H3,(H,26,30). The number of rotatable bonds is 8. The topological polar surface area (TPSA) is 69.0 Å². The minimum Gasteiger partial charge on any atom is -0.497 e. The average molecular weight is 451 g/mol. The van der Waals surface area contributed by atoms with E-state index in [1.165, 1.54) is 47.7 Å². The first-order valence-corrected chi connectivity index (χ1v) is 12.2. The molecule has 0 bridgehead atoms. The molecule has 1 aliphatic rings. The van der Waals surface area contributed by atoms with E-state index in [-0.39, 0.29) is 11.9 Å². The van der Waals surface area contributed by atoms with Crippen molar-refractivity contribution in [1.82, 2.24) is 20.1 Å². The van der Waals surface area contributed by atoms with Crippen LogP contribution in [0.1, 0.15) is 49.4 Å². The maximum atomic E-state index is 12.6. The summed E-state index contributed by atoms with van der Waals surface area (Å²) < 4.78 is 7.27. The van der Waals surface area contributed by atoms with Gasteiger partial charge in [0, 0.05) is 12.1 Å². The summed E-state index contributed by atoms with van der Waals surface area (Å²) in [6, 6.07) is 14.4. The highest BCUT2D eigenvalue weighted by Gasteiger charge is 2.17. The summed E-state index contributed by atoms with van der Waals surface area (Å²) in [5.41, 5.74) is 5.03. The van der Waals surface area contributed by atoms with E-state index in [1.54, 1.807) is 7.11 Å². The molecule has 0 aliphatic heterocycles. The van der Waals surface area contributed by atoms with Crippen LogP contribution in [0.2, 0.25) is 0 Å². The number of fused-ring (bicyclic) bond motifs is 1. The van der Waals surface area contributed by atoms with Crippen LogP contribution in [-0.4, -0.2) is 33.5 Å². The van der Waals surface area contributed by atoms with E-state index in [4.69, 9.17) is 4.74 Å². The normalized spacial score (nSPS) is 14.0. The van der Waals surface area contributed by atoms with Gasteiger partial charge in [0.1, 0.15) is 5.75 Å². The highest BCUT2D eigenvalue weighted by Crippen LogP contribution is 2.27. The molecule has 0 saturated heterocycles. The lowest BCUT2D eigenvalue weighted by Crippen LogP contribution is -2.28. The fourth-order valence-corrected chi connectivity index (χ4v) is 4.97. The number of aromatic nitrogens is 3. The first-order valence-electron chi connectivity index (χ1n) is 11.2. The number of amides is 1. The monoisotopic (exact) mass is 450 g/mol. The third-order valence-electron chi connectivity index (χ3n) is 5.96. The molecule has 0 spiro atoms. The van der Waals surface area contributed by atoms with Gasteiger partial charge in [0.25, 0.3) is 0 Å². The number of hydrogen-bond donors (Lipinski definition) is 1. The predicted molar refractivity (Wildman–Crippen MR) is 128 cm³/mol. The number of benzene rings is 2. The number of methoxy groups -OCH3 is 1. The number of carbonyl (C=O) groups is 1. The van der Waals surface area contributed by atoms with Crippen molar-refractivity contribution in [2.75, 3.05) is 12.9 Å². The second kappa shape index (κ2) is 10.2. The number of thioether (sulfide) groups is 1. The highest BCUT2D eigenvalue weighted by atomic mass is 32.2. The molecule has 1 unspecified atom stereocenters. The van der Waals surface area contributed by atoms with E-state index in [2.05, 4.69) is 40.6 Å². The Morgan fingerprint density at radius 2 is 1.88 bits per heavy atom. The SMILES string of the molecule is CCn1c(SCC(=O)NC(C)c2ccc3c(c2)CCCC3)nnc1-c1ccc(OC)cc1. The lowest BCUT2D eigenvalue weighted by Gasteiger charge is -2.20. The van der Waals surface area contributed by atoms with Gasteiger partial charge in [-0.15, -0.1) is 10.2 Å². The van der Waals surface area contributed by atoms with E-state index in [0.29, 0.717) is 5.75 Å². The van der Waals surface area contributed by atoms with Crippen molar-refractivity contribution in [2.24, 2.45) is 0 Å². The fraction of sp³-hybridized carbons (Fsp3) is 0.400. The van der Waals surface area contributed by atoms with E-state index in [1.807, 2.05) is 35.8 Å². The first kappa shape index (κ1) is 22.4. The van der Waals surface area contributed by atoms with Gasteiger partial charge in [0.15, 0.2) is 11.0 Å². The quantitative estimate of drug-likeness (QED) is 0.498. The van der Waals surface area contributed by atoms with Crippen molar-refractivity contribution in [1.29, 1.82) is 0 Å². The molecule has 3 aromatic rings. The molecule has 1 N–H and O–H groups in total. The zero-order valence-electron chi connectivity index (χ0n) is 18.9. The summed E-state index contributed by atoms with van der Waals surface area (Å²) in [6.45, 7) is 4.83. The van der Waals surface area contributed by atoms with Crippen molar-refractivity contribution >= 4 is 17.7 Å². The minimum atomic E-state index is -0.0192. The second-order valence-corrected chi connectivity index (χ2v) is 9.03. The maximum Gasteiger partial charge on any atom is 0.230 e. The number of nitrogens with zero attached hydrogens (tertiary/aromatic N) is 3. The molecule has 32 heavy (non-hydrogen) atoms. The van der Waals surface area contributed by atoms with Gasteiger partial charge in [-0.2, -0.15) is 0 Å². The molecule has 168 valence electrons. The molecule has 1 heterocycles. The lowest BCUT2D eigenvalue weighted by molar-refractivity contribution is -0.119. The Hall–Kier alpha value is -2.80. The van der Waals surface area contributed by atoms with Crippen molar-refractivity contribution < 1.29 is 9.53 Å². The van der Waals surface area contributed by atoms with Crippen LogP contribution in [0.15, 0.2) is 47.6 Å². The van der Waals surface area contributed by atoms with Crippen molar-refractivity contribution in [3.05, 3.63) is 59.2 Å². The van der Waals surface area contributed by atoms with Crippen LogP contribution >= 0.6 is 11.8 Å². The molecule has 0 fully saturated rings. The van der Waals surface area contributed by atoms with Crippen LogP contribution in [0.5, 0.6) is 5.75 Å². The van der Waals surface area contributed by atoms with Crippen LogP contribution in [0.25, 0.3) is 11.4 Å². The zero-order chi connectivity index (χ0) is 22.5. The molecular weight excluding hydrogens is 420 g/mol. The van der Waals surface area contributed by atoms with Gasteiger partial charge in [-0.3, -0.25) is 4.79 Å². The number of hydrogen-bond acceptors (Lipinski definition) is 5. The maximum absolute atomic E-state index is 12.6. The van der Waals surface area contributed by atoms with Gasteiger partial charge in [0.05, 0.1) is 18.9 Å². The Kier molecular flexibility index (Phi) is 7.15. The predicted octanol–water partition coefficient (Wildman–Crippen LogP) is 4.82. The average Bonchev–Trinajstić information content (AvgIpc) is 3.25. The van der Waals surface area contributed by atoms with Gasteiger partial charge in [-0.25, -0.2) is 0 Å². The molecule has 2 aromatic carbocycles. The lowest BCUT2D eigenvalue weighted by atomic mass is 9.89. The smallest absolute Gasteiger partial charge is 0.230 e. The Morgan fingerprint density at radius 1 is 1.12 bits per heavy atom. The summed E-state index contributed by atoms with van der Waals surface area (Å²) in [5.74, 6) is 1.89. The molecule has 4 rings (SSSR count). The summed E-state index contributed by atoms with van der Waals surface area (Å²) >= 11 is 1.42. The van der Waals surface area contributed by atoms with E-state index in [9.17, 15) is 4.79 Å². The van der Waals surface area contributed by atoms with Crippen LogP contribution in [0.3, 0.4) is 0 Å². The van der Waals surface area contributed by atoms with Crippen molar-refractivity contribution in [3.8, 4) is 17.1 Å². The van der Waals surface area contributed by atoms with E-state index in [0.717, 1.165) is 35.3 Å². The molecule has 6 nitrogen and oxygen atoms in total. The Balaban J connectivity index is 1.38. The number of carbonyl (C=O) groups excluding carboxylic acids is 1. The van der Waals surface area contributed by atoms with Gasteiger partial charge in [-0.05, 0) is 80.5 Å². The van der Waals surface area contributed by atoms with Crippen LogP contribution in [0.4, 0.5) is 0 Å². The highest BCUT2D eigenvalue weighted by molar-refractivity contribution is 7.99. The number of nitrogens with one attached hydrogen (secondary N) is 1. The number of aryl methyl sites for hydroxylation is 2. The van der Waals surface area contributed by atoms with Crippen LogP contribution < -0.4 is 10.1 Å². The summed E-state index contributed by atoms with van der Waals surface area (Å²) in [4.78, 5) is 12.6. The van der Waals surface area contributed by atoms with E-state index < -0.39 is 0 Å². The third-order valence-corrected chi connectivity index (χ3v) is 6.93. The summed E-state index contributed by atoms with van der Waals surface area (Å²) in [6.07, 6.45) is 4.84. The molecule has 1 atom stereocenters. The van der Waals surface area contributed by atoms with Gasteiger partial charge in [0.2, 0.25) is 5.91 Å². The Labute approximate surface area is 193 Å². The summed E-state index contributed by atoms with van der Waals surface area (Å²) in [5, 5.41) is 12.6. The van der Waals surface area contributed by atoms with Crippen molar-refractivity contribution in [2.45, 2.75) is 57.3 Å². The third kappa shape index (κ3) is 4.99. The van der Waals surface area contributed by atoms with Gasteiger partial charge < -0.3 is 14.6 Å². The molecular formula is C25H30N4O2S. The number of ether oxygens (including phenoxy) is 1. The second-order valence-electron chi connectivity index (χ2n) is 8.09. The van der Waals surface area contributed by atoms with E-state index >= 15 is 0 Å².